The van der Waals surface area contributed by atoms with E-state index in [2.05, 4.69) is 4.72 Å². The van der Waals surface area contributed by atoms with Gasteiger partial charge in [0.15, 0.2) is 0 Å². The highest BCUT2D eigenvalue weighted by Crippen LogP contribution is 2.33. The lowest BCUT2D eigenvalue weighted by Gasteiger charge is -2.11. The van der Waals surface area contributed by atoms with Crippen molar-refractivity contribution >= 4 is 26.9 Å². The van der Waals surface area contributed by atoms with Gasteiger partial charge in [0.05, 0.1) is 10.9 Å². The number of benzene rings is 1. The molecule has 1 amide bonds. The Bertz CT molecular complexity index is 839. The van der Waals surface area contributed by atoms with Crippen molar-refractivity contribution in [1.82, 2.24) is 4.72 Å². The van der Waals surface area contributed by atoms with Crippen LogP contribution in [0.15, 0.2) is 27.5 Å². The Labute approximate surface area is 128 Å². The first-order chi connectivity index (χ1) is 10.4. The molecular formula is C15H18N2O4S. The van der Waals surface area contributed by atoms with Crippen LogP contribution in [-0.4, -0.2) is 20.4 Å². The minimum Gasteiger partial charge on any atom is -0.461 e. The average Bonchev–Trinajstić information content (AvgIpc) is 2.84. The van der Waals surface area contributed by atoms with Gasteiger partial charge in [-0.15, -0.1) is 0 Å². The number of nitrogens with one attached hydrogen (secondary N) is 1. The lowest BCUT2D eigenvalue weighted by molar-refractivity contribution is -0.119. The van der Waals surface area contributed by atoms with Crippen molar-refractivity contribution in [3.05, 3.63) is 29.5 Å². The van der Waals surface area contributed by atoms with Gasteiger partial charge >= 0.3 is 0 Å². The van der Waals surface area contributed by atoms with Gasteiger partial charge in [-0.25, -0.2) is 8.42 Å². The molecule has 2 aromatic rings. The fourth-order valence-electron chi connectivity index (χ4n) is 2.77. The van der Waals surface area contributed by atoms with E-state index in [4.69, 9.17) is 10.2 Å². The van der Waals surface area contributed by atoms with E-state index < -0.39 is 22.0 Å². The molecule has 0 spiro atoms. The summed E-state index contributed by atoms with van der Waals surface area (Å²) in [5.41, 5.74) is 6.85. The number of hydrogen-bond acceptors (Lipinski definition) is 4. The molecule has 1 aromatic carbocycles. The van der Waals surface area contributed by atoms with Gasteiger partial charge in [-0.3, -0.25) is 4.79 Å². The first-order valence-corrected chi connectivity index (χ1v) is 8.73. The third-order valence-electron chi connectivity index (χ3n) is 4.00. The Morgan fingerprint density at radius 3 is 2.77 bits per heavy atom. The zero-order valence-corrected chi connectivity index (χ0v) is 13.1. The Morgan fingerprint density at radius 2 is 2.05 bits per heavy atom. The number of amides is 1. The van der Waals surface area contributed by atoms with Crippen molar-refractivity contribution in [2.45, 2.75) is 43.5 Å². The second-order valence-corrected chi connectivity index (χ2v) is 7.33. The van der Waals surface area contributed by atoms with Crippen molar-refractivity contribution < 1.29 is 17.6 Å². The van der Waals surface area contributed by atoms with Gasteiger partial charge in [0, 0.05) is 23.4 Å². The lowest BCUT2D eigenvalue weighted by Crippen LogP contribution is -2.42. The monoisotopic (exact) mass is 322 g/mol. The average molecular weight is 322 g/mol. The summed E-state index contributed by atoms with van der Waals surface area (Å²) < 4.78 is 32.6. The zero-order valence-electron chi connectivity index (χ0n) is 12.3. The summed E-state index contributed by atoms with van der Waals surface area (Å²) in [7, 11) is -3.81. The van der Waals surface area contributed by atoms with E-state index in [9.17, 15) is 13.2 Å². The number of furan rings is 1. The summed E-state index contributed by atoms with van der Waals surface area (Å²) in [4.78, 5) is 11.1. The molecule has 6 nitrogen and oxygen atoms in total. The Hall–Kier alpha value is -1.86. The molecule has 0 aliphatic heterocycles. The van der Waals surface area contributed by atoms with Crippen LogP contribution < -0.4 is 10.5 Å². The van der Waals surface area contributed by atoms with Crippen LogP contribution in [0.25, 0.3) is 11.0 Å². The van der Waals surface area contributed by atoms with Crippen LogP contribution in [0, 0.1) is 0 Å². The Balaban J connectivity index is 2.00. The third kappa shape index (κ3) is 2.62. The highest BCUT2D eigenvalue weighted by molar-refractivity contribution is 7.89. The maximum absolute atomic E-state index is 12.3. The molecule has 1 aromatic heterocycles. The first-order valence-electron chi connectivity index (χ1n) is 7.24. The SMILES string of the molecule is CC(NS(=O)(=O)c1ccc2c3c(oc2c1)CCCC3)C(N)=O. The van der Waals surface area contributed by atoms with Gasteiger partial charge in [-0.1, -0.05) is 0 Å². The quantitative estimate of drug-likeness (QED) is 0.889. The Kier molecular flexibility index (Phi) is 3.70. The van der Waals surface area contributed by atoms with E-state index in [1.165, 1.54) is 24.6 Å². The second-order valence-electron chi connectivity index (χ2n) is 5.61. The molecule has 1 aliphatic carbocycles. The zero-order chi connectivity index (χ0) is 15.9. The normalized spacial score (nSPS) is 16.4. The molecule has 3 N–H and O–H groups in total. The summed E-state index contributed by atoms with van der Waals surface area (Å²) in [5.74, 6) is 0.229. The molecule has 0 fully saturated rings. The van der Waals surface area contributed by atoms with Crippen LogP contribution in [0.4, 0.5) is 0 Å². The predicted molar refractivity (Wildman–Crippen MR) is 81.8 cm³/mol. The molecule has 1 atom stereocenters. The third-order valence-corrected chi connectivity index (χ3v) is 5.54. The summed E-state index contributed by atoms with van der Waals surface area (Å²) in [5, 5.41) is 0.969. The molecule has 0 saturated carbocycles. The number of rotatable bonds is 4. The standard InChI is InChI=1S/C15H18N2O4S/c1-9(15(16)18)17-22(19,20)10-6-7-12-11-4-2-3-5-13(11)21-14(12)8-10/h6-9,17H,2-5H2,1H3,(H2,16,18). The van der Waals surface area contributed by atoms with Crippen LogP contribution in [0.2, 0.25) is 0 Å². The molecular weight excluding hydrogens is 304 g/mol. The summed E-state index contributed by atoms with van der Waals surface area (Å²) in [6.45, 7) is 1.41. The van der Waals surface area contributed by atoms with E-state index in [1.807, 2.05) is 0 Å². The van der Waals surface area contributed by atoms with Crippen LogP contribution in [0.3, 0.4) is 0 Å². The smallest absolute Gasteiger partial charge is 0.241 e. The molecule has 22 heavy (non-hydrogen) atoms. The molecule has 0 saturated heterocycles. The lowest BCUT2D eigenvalue weighted by atomic mass is 9.96. The van der Waals surface area contributed by atoms with Crippen molar-refractivity contribution in [2.24, 2.45) is 5.73 Å². The number of aryl methyl sites for hydroxylation is 2. The van der Waals surface area contributed by atoms with Crippen LogP contribution in [-0.2, 0) is 27.7 Å². The second kappa shape index (κ2) is 5.40. The fraction of sp³-hybridized carbons (Fsp3) is 0.400. The summed E-state index contributed by atoms with van der Waals surface area (Å²) >= 11 is 0. The van der Waals surface area contributed by atoms with Crippen LogP contribution >= 0.6 is 0 Å². The number of primary amides is 1. The number of sulfonamides is 1. The van der Waals surface area contributed by atoms with Gasteiger partial charge in [-0.2, -0.15) is 4.72 Å². The van der Waals surface area contributed by atoms with Crippen molar-refractivity contribution in [1.29, 1.82) is 0 Å². The van der Waals surface area contributed by atoms with Crippen LogP contribution in [0.5, 0.6) is 0 Å². The molecule has 1 heterocycles. The number of hydrogen-bond donors (Lipinski definition) is 2. The van der Waals surface area contributed by atoms with Gasteiger partial charge in [0.1, 0.15) is 11.3 Å². The van der Waals surface area contributed by atoms with Crippen molar-refractivity contribution in [2.75, 3.05) is 0 Å². The van der Waals surface area contributed by atoms with E-state index in [1.54, 1.807) is 6.07 Å². The van der Waals surface area contributed by atoms with E-state index >= 15 is 0 Å². The number of carbonyl (C=O) groups excluding carboxylic acids is 1. The maximum Gasteiger partial charge on any atom is 0.241 e. The van der Waals surface area contributed by atoms with Gasteiger partial charge in [0.2, 0.25) is 15.9 Å². The molecule has 0 bridgehead atoms. The molecule has 118 valence electrons. The maximum atomic E-state index is 12.3. The van der Waals surface area contributed by atoms with E-state index in [-0.39, 0.29) is 4.90 Å². The van der Waals surface area contributed by atoms with Gasteiger partial charge in [-0.05, 0) is 38.3 Å². The number of fused-ring (bicyclic) bond motifs is 3. The summed E-state index contributed by atoms with van der Waals surface area (Å²) in [6, 6.07) is 3.84. The highest BCUT2D eigenvalue weighted by atomic mass is 32.2. The van der Waals surface area contributed by atoms with E-state index in [0.29, 0.717) is 5.58 Å². The van der Waals surface area contributed by atoms with E-state index in [0.717, 1.165) is 36.8 Å². The minimum atomic E-state index is -3.81. The molecule has 0 radical (unpaired) electrons. The van der Waals surface area contributed by atoms with Crippen LogP contribution in [0.1, 0.15) is 31.1 Å². The summed E-state index contributed by atoms with van der Waals surface area (Å²) in [6.07, 6.45) is 4.07. The molecule has 7 heteroatoms. The number of carbonyl (C=O) groups is 1. The topological polar surface area (TPSA) is 102 Å². The molecule has 1 aliphatic rings. The highest BCUT2D eigenvalue weighted by Gasteiger charge is 2.23. The van der Waals surface area contributed by atoms with Gasteiger partial charge in [0.25, 0.3) is 0 Å². The fourth-order valence-corrected chi connectivity index (χ4v) is 4.00. The Morgan fingerprint density at radius 1 is 1.32 bits per heavy atom. The van der Waals surface area contributed by atoms with Gasteiger partial charge < -0.3 is 10.2 Å². The first kappa shape index (κ1) is 15.1. The minimum absolute atomic E-state index is 0.0687. The van der Waals surface area contributed by atoms with Crippen molar-refractivity contribution in [3.63, 3.8) is 0 Å². The predicted octanol–water partition coefficient (Wildman–Crippen LogP) is 1.46. The molecule has 3 rings (SSSR count). The molecule has 1 unspecified atom stereocenters. The number of nitrogens with two attached hydrogens (primary N) is 1. The van der Waals surface area contributed by atoms with Crippen molar-refractivity contribution in [3.8, 4) is 0 Å². The largest absolute Gasteiger partial charge is 0.461 e.